The standard InChI is InChI=1S/C14H21BrN2O2/c1-14(2,6-5-13(18)19)7-8-16-10-12-4-3-11(15)9-17-12/h3-4,9,16H,5-8,10H2,1-2H3,(H,18,19). The second-order valence-electron chi connectivity index (χ2n) is 5.45. The fourth-order valence-corrected chi connectivity index (χ4v) is 1.96. The van der Waals surface area contributed by atoms with Crippen LogP contribution in [-0.2, 0) is 11.3 Å². The minimum Gasteiger partial charge on any atom is -0.481 e. The summed E-state index contributed by atoms with van der Waals surface area (Å²) in [6.45, 7) is 5.82. The van der Waals surface area contributed by atoms with Crippen molar-refractivity contribution >= 4 is 21.9 Å². The van der Waals surface area contributed by atoms with E-state index in [1.807, 2.05) is 12.1 Å². The molecule has 1 aromatic rings. The van der Waals surface area contributed by atoms with Crippen LogP contribution in [0.15, 0.2) is 22.8 Å². The van der Waals surface area contributed by atoms with Crippen molar-refractivity contribution in [3.63, 3.8) is 0 Å². The summed E-state index contributed by atoms with van der Waals surface area (Å²) in [5, 5.41) is 12.0. The molecule has 0 saturated carbocycles. The van der Waals surface area contributed by atoms with E-state index < -0.39 is 5.97 Å². The van der Waals surface area contributed by atoms with Crippen molar-refractivity contribution in [2.45, 2.75) is 39.7 Å². The Morgan fingerprint density at radius 1 is 1.42 bits per heavy atom. The molecule has 0 atom stereocenters. The van der Waals surface area contributed by atoms with Crippen LogP contribution in [0.4, 0.5) is 0 Å². The first kappa shape index (κ1) is 16.1. The maximum Gasteiger partial charge on any atom is 0.303 e. The van der Waals surface area contributed by atoms with Crippen LogP contribution < -0.4 is 5.32 Å². The summed E-state index contributed by atoms with van der Waals surface area (Å²) < 4.78 is 0.978. The summed E-state index contributed by atoms with van der Waals surface area (Å²) in [7, 11) is 0. The molecular formula is C14H21BrN2O2. The van der Waals surface area contributed by atoms with Crippen molar-refractivity contribution in [2.75, 3.05) is 6.54 Å². The highest BCUT2D eigenvalue weighted by Crippen LogP contribution is 2.26. The predicted octanol–water partition coefficient (Wildman–Crippen LogP) is 3.21. The highest BCUT2D eigenvalue weighted by molar-refractivity contribution is 9.10. The van der Waals surface area contributed by atoms with E-state index in [0.29, 0.717) is 6.42 Å². The van der Waals surface area contributed by atoms with E-state index in [9.17, 15) is 4.79 Å². The molecular weight excluding hydrogens is 308 g/mol. The fourth-order valence-electron chi connectivity index (χ4n) is 1.72. The summed E-state index contributed by atoms with van der Waals surface area (Å²) in [5.74, 6) is -0.722. The predicted molar refractivity (Wildman–Crippen MR) is 78.9 cm³/mol. The zero-order valence-electron chi connectivity index (χ0n) is 11.4. The monoisotopic (exact) mass is 328 g/mol. The lowest BCUT2D eigenvalue weighted by molar-refractivity contribution is -0.137. The van der Waals surface area contributed by atoms with Gasteiger partial charge in [0.1, 0.15) is 0 Å². The molecule has 0 aliphatic rings. The lowest BCUT2D eigenvalue weighted by Gasteiger charge is -2.23. The molecule has 1 heterocycles. The number of carbonyl (C=O) groups is 1. The summed E-state index contributed by atoms with van der Waals surface area (Å²) in [4.78, 5) is 14.8. The number of carboxylic acid groups (broad SMARTS) is 1. The van der Waals surface area contributed by atoms with Gasteiger partial charge in [-0.3, -0.25) is 9.78 Å². The van der Waals surface area contributed by atoms with E-state index in [2.05, 4.69) is 40.1 Å². The van der Waals surface area contributed by atoms with Gasteiger partial charge in [0.2, 0.25) is 0 Å². The summed E-state index contributed by atoms with van der Waals surface area (Å²) in [5.41, 5.74) is 1.06. The maximum atomic E-state index is 10.6. The van der Waals surface area contributed by atoms with Gasteiger partial charge in [0.05, 0.1) is 5.69 Å². The molecule has 0 unspecified atom stereocenters. The van der Waals surface area contributed by atoms with Gasteiger partial charge in [0.25, 0.3) is 0 Å². The van der Waals surface area contributed by atoms with Gasteiger partial charge in [-0.25, -0.2) is 0 Å². The number of aromatic nitrogens is 1. The molecule has 1 aromatic heterocycles. The number of hydrogen-bond donors (Lipinski definition) is 2. The molecule has 0 radical (unpaired) electrons. The molecule has 1 rings (SSSR count). The molecule has 0 fully saturated rings. The molecule has 106 valence electrons. The van der Waals surface area contributed by atoms with E-state index in [-0.39, 0.29) is 11.8 Å². The molecule has 0 saturated heterocycles. The fraction of sp³-hybridized carbons (Fsp3) is 0.571. The van der Waals surface area contributed by atoms with Crippen molar-refractivity contribution < 1.29 is 9.90 Å². The number of halogens is 1. The van der Waals surface area contributed by atoms with E-state index in [1.54, 1.807) is 6.20 Å². The quantitative estimate of drug-likeness (QED) is 0.719. The number of hydrogen-bond acceptors (Lipinski definition) is 3. The van der Waals surface area contributed by atoms with Gasteiger partial charge in [-0.05, 0) is 52.9 Å². The highest BCUT2D eigenvalue weighted by atomic mass is 79.9. The van der Waals surface area contributed by atoms with Crippen molar-refractivity contribution in [1.29, 1.82) is 0 Å². The average molecular weight is 329 g/mol. The topological polar surface area (TPSA) is 62.2 Å². The second-order valence-corrected chi connectivity index (χ2v) is 6.37. The highest BCUT2D eigenvalue weighted by Gasteiger charge is 2.18. The largest absolute Gasteiger partial charge is 0.481 e. The summed E-state index contributed by atoms with van der Waals surface area (Å²) in [6.07, 6.45) is 3.69. The smallest absolute Gasteiger partial charge is 0.303 e. The molecule has 0 bridgehead atoms. The maximum absolute atomic E-state index is 10.6. The van der Waals surface area contributed by atoms with E-state index >= 15 is 0 Å². The van der Waals surface area contributed by atoms with Crippen LogP contribution in [-0.4, -0.2) is 22.6 Å². The molecule has 0 amide bonds. The summed E-state index contributed by atoms with van der Waals surface area (Å²) >= 11 is 3.35. The van der Waals surface area contributed by atoms with Gasteiger partial charge in [0.15, 0.2) is 0 Å². The number of carboxylic acids is 1. The number of nitrogens with one attached hydrogen (secondary N) is 1. The Bertz CT molecular complexity index is 404. The molecule has 0 aliphatic carbocycles. The van der Waals surface area contributed by atoms with Crippen LogP contribution >= 0.6 is 15.9 Å². The Morgan fingerprint density at radius 3 is 2.74 bits per heavy atom. The van der Waals surface area contributed by atoms with Crippen LogP contribution in [0.3, 0.4) is 0 Å². The van der Waals surface area contributed by atoms with Crippen molar-refractivity contribution in [3.05, 3.63) is 28.5 Å². The minimum absolute atomic E-state index is 0.0541. The van der Waals surface area contributed by atoms with Gasteiger partial charge < -0.3 is 10.4 Å². The van der Waals surface area contributed by atoms with Gasteiger partial charge in [-0.1, -0.05) is 13.8 Å². The van der Waals surface area contributed by atoms with Crippen molar-refractivity contribution in [1.82, 2.24) is 10.3 Å². The third kappa shape index (κ3) is 7.28. The van der Waals surface area contributed by atoms with Gasteiger partial charge in [-0.2, -0.15) is 0 Å². The third-order valence-electron chi connectivity index (χ3n) is 3.09. The lowest BCUT2D eigenvalue weighted by atomic mass is 9.84. The number of nitrogens with zero attached hydrogens (tertiary/aromatic N) is 1. The normalized spacial score (nSPS) is 11.5. The number of pyridine rings is 1. The lowest BCUT2D eigenvalue weighted by Crippen LogP contribution is -2.23. The Hall–Kier alpha value is -0.940. The van der Waals surface area contributed by atoms with Gasteiger partial charge in [-0.15, -0.1) is 0 Å². The molecule has 0 spiro atoms. The van der Waals surface area contributed by atoms with Crippen LogP contribution in [0, 0.1) is 5.41 Å². The zero-order chi connectivity index (χ0) is 14.3. The minimum atomic E-state index is -0.722. The first-order valence-corrected chi connectivity index (χ1v) is 7.21. The second kappa shape index (κ2) is 7.60. The number of aliphatic carboxylic acids is 1. The molecule has 19 heavy (non-hydrogen) atoms. The number of rotatable bonds is 8. The van der Waals surface area contributed by atoms with Crippen LogP contribution in [0.25, 0.3) is 0 Å². The first-order valence-electron chi connectivity index (χ1n) is 6.42. The Kier molecular flexibility index (Phi) is 6.45. The first-order chi connectivity index (χ1) is 8.89. The molecule has 4 nitrogen and oxygen atoms in total. The molecule has 0 aliphatic heterocycles. The van der Waals surface area contributed by atoms with E-state index in [4.69, 9.17) is 5.11 Å². The molecule has 5 heteroatoms. The molecule has 2 N–H and O–H groups in total. The average Bonchev–Trinajstić information content (AvgIpc) is 2.35. The summed E-state index contributed by atoms with van der Waals surface area (Å²) in [6, 6.07) is 3.95. The Labute approximate surface area is 122 Å². The van der Waals surface area contributed by atoms with Crippen LogP contribution in [0.1, 0.15) is 38.8 Å². The van der Waals surface area contributed by atoms with E-state index in [1.165, 1.54) is 0 Å². The SMILES string of the molecule is CC(C)(CCNCc1ccc(Br)cn1)CCC(=O)O. The van der Waals surface area contributed by atoms with E-state index in [0.717, 1.165) is 29.7 Å². The van der Waals surface area contributed by atoms with Gasteiger partial charge in [0, 0.05) is 23.6 Å². The Morgan fingerprint density at radius 2 is 2.16 bits per heavy atom. The molecule has 0 aromatic carbocycles. The van der Waals surface area contributed by atoms with Gasteiger partial charge >= 0.3 is 5.97 Å². The third-order valence-corrected chi connectivity index (χ3v) is 3.56. The van der Waals surface area contributed by atoms with Crippen LogP contribution in [0.5, 0.6) is 0 Å². The van der Waals surface area contributed by atoms with Crippen LogP contribution in [0.2, 0.25) is 0 Å². The van der Waals surface area contributed by atoms with Crippen molar-refractivity contribution in [3.8, 4) is 0 Å². The van der Waals surface area contributed by atoms with Crippen molar-refractivity contribution in [2.24, 2.45) is 5.41 Å². The zero-order valence-corrected chi connectivity index (χ0v) is 13.0. The Balaban J connectivity index is 2.22.